The third-order valence-electron chi connectivity index (χ3n) is 4.79. The Kier molecular flexibility index (Phi) is 10.3. The average Bonchev–Trinajstić information content (AvgIpc) is 2.78. The van der Waals surface area contributed by atoms with Gasteiger partial charge in [0.2, 0.25) is 6.29 Å². The van der Waals surface area contributed by atoms with Crippen LogP contribution in [-0.2, 0) is 73.5 Å². The molecule has 1 fully saturated rings. The lowest BCUT2D eigenvalue weighted by molar-refractivity contribution is -0.260. The number of fused-ring (bicyclic) bond motifs is 1. The van der Waals surface area contributed by atoms with Crippen molar-refractivity contribution in [3.05, 3.63) is 34.7 Å². The Morgan fingerprint density at radius 3 is 1.73 bits per heavy atom. The van der Waals surface area contributed by atoms with Gasteiger partial charge in [-0.25, -0.2) is 21.5 Å². The van der Waals surface area contributed by atoms with Gasteiger partial charge in [0, 0.05) is 17.5 Å². The van der Waals surface area contributed by atoms with Crippen molar-refractivity contribution in [2.75, 3.05) is 6.61 Å². The molecule has 5 atom stereocenters. The molecule has 1 saturated heterocycles. The molecule has 0 saturated carbocycles. The van der Waals surface area contributed by atoms with E-state index in [4.69, 9.17) is 27.5 Å². The fraction of sp³-hybridized carbons (Fsp3) is 0.400. The standard InChI is InChI=1S/C15H16O24S5/c16-11-2-1-6-3-8(9(4-7(6)33-11)36-41(20,21)22)34-15-14(39-44(29,30)31)13(38-43(26,27)28)12(37-42(23,24)25)10(35-15)5-32-40(17,18)19/h1-4,10,12-15H,5H2,(H,17,18,19)(H,20,21,22)(H,23,24,25)(H,26,27,28)(H,29,30,31)/t10-,12-,13+,14-,15-/m1/s1. The van der Waals surface area contributed by atoms with Crippen LogP contribution in [0.1, 0.15) is 0 Å². The van der Waals surface area contributed by atoms with Gasteiger partial charge in [-0.3, -0.25) is 22.8 Å². The maximum atomic E-state index is 11.6. The summed E-state index contributed by atoms with van der Waals surface area (Å²) in [6, 6.07) is 3.25. The van der Waals surface area contributed by atoms with Crippen LogP contribution in [0.4, 0.5) is 0 Å². The monoisotopic (exact) mass is 740 g/mol. The van der Waals surface area contributed by atoms with Gasteiger partial charge in [-0.05, 0) is 12.1 Å². The van der Waals surface area contributed by atoms with Gasteiger partial charge >= 0.3 is 57.6 Å². The molecule has 3 rings (SSSR count). The summed E-state index contributed by atoms with van der Waals surface area (Å²) in [5.41, 5.74) is -1.40. The molecular formula is C15H16O24S5. The molecule has 0 radical (unpaired) electrons. The van der Waals surface area contributed by atoms with Crippen molar-refractivity contribution in [1.82, 2.24) is 0 Å². The largest absolute Gasteiger partial charge is 0.458 e. The predicted molar refractivity (Wildman–Crippen MR) is 131 cm³/mol. The van der Waals surface area contributed by atoms with Crippen LogP contribution in [0, 0.1) is 0 Å². The second kappa shape index (κ2) is 12.6. The van der Waals surface area contributed by atoms with Crippen molar-refractivity contribution < 1.29 is 99.7 Å². The highest BCUT2D eigenvalue weighted by atomic mass is 32.3. The van der Waals surface area contributed by atoms with E-state index in [0.29, 0.717) is 6.07 Å². The summed E-state index contributed by atoms with van der Waals surface area (Å²) in [7, 11) is -28.3. The van der Waals surface area contributed by atoms with Crippen molar-refractivity contribution in [1.29, 1.82) is 0 Å². The van der Waals surface area contributed by atoms with E-state index in [9.17, 15) is 56.0 Å². The topological polar surface area (TPSA) is 367 Å². The lowest BCUT2D eigenvalue weighted by atomic mass is 9.99. The quantitative estimate of drug-likeness (QED) is 0.104. The Bertz CT molecular complexity index is 2000. The first-order chi connectivity index (χ1) is 19.8. The first kappa shape index (κ1) is 35.9. The van der Waals surface area contributed by atoms with Crippen molar-refractivity contribution in [2.45, 2.75) is 30.7 Å². The van der Waals surface area contributed by atoms with Crippen LogP contribution in [-0.4, -0.2) is 102 Å². The van der Waals surface area contributed by atoms with Gasteiger partial charge in [-0.1, -0.05) is 0 Å². The van der Waals surface area contributed by atoms with Crippen LogP contribution in [0.5, 0.6) is 11.5 Å². The number of ether oxygens (including phenoxy) is 2. The number of hydrogen-bond donors (Lipinski definition) is 5. The normalized spacial score (nSPS) is 23.8. The lowest BCUT2D eigenvalue weighted by Gasteiger charge is -2.43. The van der Waals surface area contributed by atoms with Gasteiger partial charge in [0.15, 0.2) is 17.6 Å². The molecule has 24 nitrogen and oxygen atoms in total. The molecule has 44 heavy (non-hydrogen) atoms. The summed E-state index contributed by atoms with van der Waals surface area (Å²) < 4.78 is 196. The Morgan fingerprint density at radius 2 is 1.20 bits per heavy atom. The molecule has 0 spiro atoms. The number of hydrogen-bond acceptors (Lipinski definition) is 19. The number of benzene rings is 1. The highest BCUT2D eigenvalue weighted by molar-refractivity contribution is 7.82. The zero-order valence-corrected chi connectivity index (χ0v) is 24.5. The summed E-state index contributed by atoms with van der Waals surface area (Å²) in [5.74, 6) is -2.04. The average molecular weight is 741 g/mol. The van der Waals surface area contributed by atoms with E-state index in [0.717, 1.165) is 18.2 Å². The molecule has 250 valence electrons. The second-order valence-corrected chi connectivity index (χ2v) is 13.2. The maximum absolute atomic E-state index is 11.6. The van der Waals surface area contributed by atoms with Gasteiger partial charge in [-0.15, -0.1) is 0 Å². The van der Waals surface area contributed by atoms with E-state index < -0.39 is 112 Å². The molecule has 0 unspecified atom stereocenters. The van der Waals surface area contributed by atoms with Gasteiger partial charge < -0.3 is 18.1 Å². The van der Waals surface area contributed by atoms with Crippen LogP contribution in [0.2, 0.25) is 0 Å². The SMILES string of the molecule is O=c1ccc2cc(O[C@@H]3O[C@H](COS(=O)(=O)O)[C@@H](OS(=O)(=O)O)[C@H](OS(=O)(=O)O)[C@H]3OS(=O)(=O)O)c(OS(=O)(=O)O)cc2o1. The van der Waals surface area contributed by atoms with E-state index in [1.54, 1.807) is 0 Å². The molecule has 2 aromatic rings. The zero-order valence-electron chi connectivity index (χ0n) is 20.4. The summed E-state index contributed by atoms with van der Waals surface area (Å²) in [5, 5.41) is -0.130. The Labute approximate surface area is 245 Å². The summed E-state index contributed by atoms with van der Waals surface area (Å²) in [6.07, 6.45) is -13.8. The van der Waals surface area contributed by atoms with Gasteiger partial charge in [0.25, 0.3) is 0 Å². The smallest absolute Gasteiger partial charge is 0.446 e. The minimum Gasteiger partial charge on any atom is -0.458 e. The molecule has 1 aliphatic heterocycles. The molecule has 0 bridgehead atoms. The van der Waals surface area contributed by atoms with E-state index in [-0.39, 0.29) is 5.39 Å². The molecule has 1 aliphatic rings. The summed E-state index contributed by atoms with van der Waals surface area (Å²) >= 11 is 0. The minimum atomic E-state index is -5.84. The van der Waals surface area contributed by atoms with Gasteiger partial charge in [0.05, 0.1) is 6.61 Å². The Balaban J connectivity index is 2.26. The van der Waals surface area contributed by atoms with Crippen molar-refractivity contribution in [2.24, 2.45) is 0 Å². The molecule has 0 aliphatic carbocycles. The highest BCUT2D eigenvalue weighted by Gasteiger charge is 2.55. The molecule has 1 aromatic heterocycles. The Hall–Kier alpha value is -2.62. The van der Waals surface area contributed by atoms with E-state index in [1.807, 2.05) is 0 Å². The third kappa shape index (κ3) is 11.1. The van der Waals surface area contributed by atoms with Crippen molar-refractivity contribution >= 4 is 63.0 Å². The molecule has 1 aromatic carbocycles. The zero-order chi connectivity index (χ0) is 33.5. The van der Waals surface area contributed by atoms with E-state index in [1.165, 1.54) is 0 Å². The van der Waals surface area contributed by atoms with Crippen LogP contribution in [0.3, 0.4) is 0 Å². The van der Waals surface area contributed by atoms with Crippen molar-refractivity contribution in [3.8, 4) is 11.5 Å². The first-order valence-corrected chi connectivity index (χ1v) is 17.3. The second-order valence-electron chi connectivity index (χ2n) is 7.94. The minimum absolute atomic E-state index is 0.130. The summed E-state index contributed by atoms with van der Waals surface area (Å²) in [4.78, 5) is 11.6. The molecule has 5 N–H and O–H groups in total. The van der Waals surface area contributed by atoms with Gasteiger partial charge in [0.1, 0.15) is 23.9 Å². The van der Waals surface area contributed by atoms with Crippen molar-refractivity contribution in [3.63, 3.8) is 0 Å². The molecular weight excluding hydrogens is 724 g/mol. The highest BCUT2D eigenvalue weighted by Crippen LogP contribution is 2.38. The fourth-order valence-corrected chi connectivity index (χ4v) is 5.64. The number of rotatable bonds is 13. The maximum Gasteiger partial charge on any atom is 0.446 e. The first-order valence-electron chi connectivity index (χ1n) is 10.4. The van der Waals surface area contributed by atoms with E-state index >= 15 is 0 Å². The Morgan fingerprint density at radius 1 is 0.659 bits per heavy atom. The fourth-order valence-electron chi connectivity index (χ4n) is 3.48. The van der Waals surface area contributed by atoms with E-state index in [2.05, 4.69) is 20.9 Å². The predicted octanol–water partition coefficient (Wildman–Crippen LogP) is -2.54. The van der Waals surface area contributed by atoms with Crippen LogP contribution < -0.4 is 14.5 Å². The van der Waals surface area contributed by atoms with Crippen LogP contribution >= 0.6 is 0 Å². The van der Waals surface area contributed by atoms with Crippen LogP contribution in [0.25, 0.3) is 11.0 Å². The molecule has 0 amide bonds. The third-order valence-corrected chi connectivity index (χ3v) is 7.01. The van der Waals surface area contributed by atoms with Crippen LogP contribution in [0.15, 0.2) is 33.5 Å². The van der Waals surface area contributed by atoms with Gasteiger partial charge in [-0.2, -0.15) is 42.1 Å². The summed E-state index contributed by atoms with van der Waals surface area (Å²) in [6.45, 7) is -1.60. The molecule has 29 heteroatoms. The lowest BCUT2D eigenvalue weighted by Crippen LogP contribution is -2.63. The molecule has 2 heterocycles.